The quantitative estimate of drug-likeness (QED) is 0.486. The van der Waals surface area contributed by atoms with Gasteiger partial charge in [0.1, 0.15) is 5.54 Å². The predicted molar refractivity (Wildman–Crippen MR) is 112 cm³/mol. The zero-order valence-electron chi connectivity index (χ0n) is 17.1. The van der Waals surface area contributed by atoms with Crippen molar-refractivity contribution in [2.75, 3.05) is 6.54 Å². The molecule has 1 aromatic carbocycles. The molecule has 2 aromatic rings. The Morgan fingerprint density at radius 3 is 2.45 bits per heavy atom. The molecule has 3 N–H and O–H groups in total. The van der Waals surface area contributed by atoms with E-state index in [1.165, 1.54) is 4.90 Å². The largest absolute Gasteiger partial charge is 0.325 e. The fourth-order valence-corrected chi connectivity index (χ4v) is 4.24. The van der Waals surface area contributed by atoms with E-state index in [-0.39, 0.29) is 24.9 Å². The summed E-state index contributed by atoms with van der Waals surface area (Å²) in [5.74, 6) is -1.02. The van der Waals surface area contributed by atoms with Crippen molar-refractivity contribution in [3.8, 4) is 5.69 Å². The molecule has 1 spiro atoms. The minimum absolute atomic E-state index is 0.0730. The van der Waals surface area contributed by atoms with E-state index in [0.29, 0.717) is 30.5 Å². The average molecular weight is 423 g/mol. The topological polar surface area (TPSA) is 113 Å². The molecule has 0 unspecified atom stereocenters. The second-order valence-electron chi connectivity index (χ2n) is 7.89. The monoisotopic (exact) mass is 423 g/mol. The first-order chi connectivity index (χ1) is 15.0. The SMILES string of the molecule is O=C(CCCN1C(=O)NC2(CCCC2)C1=O)NNC(=O)c1ccccc1-n1cccc1. The zero-order chi connectivity index (χ0) is 21.8. The van der Waals surface area contributed by atoms with Crippen LogP contribution in [0.4, 0.5) is 4.79 Å². The highest BCUT2D eigenvalue weighted by Gasteiger charge is 2.52. The van der Waals surface area contributed by atoms with Crippen LogP contribution in [0.3, 0.4) is 0 Å². The molecule has 0 atom stereocenters. The molecule has 162 valence electrons. The zero-order valence-corrected chi connectivity index (χ0v) is 17.1. The van der Waals surface area contributed by atoms with Crippen LogP contribution in [0.2, 0.25) is 0 Å². The molecule has 1 aliphatic carbocycles. The van der Waals surface area contributed by atoms with Crippen molar-refractivity contribution in [1.82, 2.24) is 25.6 Å². The van der Waals surface area contributed by atoms with E-state index >= 15 is 0 Å². The van der Waals surface area contributed by atoms with Gasteiger partial charge in [0, 0.05) is 25.4 Å². The van der Waals surface area contributed by atoms with Gasteiger partial charge in [0.2, 0.25) is 5.91 Å². The maximum absolute atomic E-state index is 12.6. The number of urea groups is 1. The number of para-hydroxylation sites is 1. The number of hydrazine groups is 1. The van der Waals surface area contributed by atoms with Crippen molar-refractivity contribution in [3.05, 3.63) is 54.4 Å². The number of nitrogens with one attached hydrogen (secondary N) is 3. The third-order valence-electron chi connectivity index (χ3n) is 5.84. The van der Waals surface area contributed by atoms with Crippen LogP contribution in [0.15, 0.2) is 48.8 Å². The molecule has 5 amide bonds. The van der Waals surface area contributed by atoms with Crippen LogP contribution in [0.25, 0.3) is 5.69 Å². The summed E-state index contributed by atoms with van der Waals surface area (Å²) in [7, 11) is 0. The highest BCUT2D eigenvalue weighted by molar-refractivity contribution is 6.07. The molecule has 1 aliphatic heterocycles. The molecule has 1 saturated heterocycles. The van der Waals surface area contributed by atoms with Gasteiger partial charge >= 0.3 is 6.03 Å². The Hall–Kier alpha value is -3.62. The summed E-state index contributed by atoms with van der Waals surface area (Å²) in [4.78, 5) is 50.6. The number of aromatic nitrogens is 1. The molecule has 9 nitrogen and oxygen atoms in total. The molecule has 9 heteroatoms. The number of nitrogens with zero attached hydrogens (tertiary/aromatic N) is 2. The lowest BCUT2D eigenvalue weighted by molar-refractivity contribution is -0.131. The highest BCUT2D eigenvalue weighted by atomic mass is 16.2. The Morgan fingerprint density at radius 1 is 1.00 bits per heavy atom. The van der Waals surface area contributed by atoms with E-state index in [4.69, 9.17) is 0 Å². The maximum Gasteiger partial charge on any atom is 0.325 e. The van der Waals surface area contributed by atoms with Gasteiger partial charge in [-0.1, -0.05) is 25.0 Å². The van der Waals surface area contributed by atoms with Gasteiger partial charge in [0.25, 0.3) is 11.8 Å². The molecule has 2 fully saturated rings. The predicted octanol–water partition coefficient (Wildman–Crippen LogP) is 1.88. The molecule has 31 heavy (non-hydrogen) atoms. The molecule has 0 bridgehead atoms. The summed E-state index contributed by atoms with van der Waals surface area (Å²) >= 11 is 0. The number of hydrogen-bond donors (Lipinski definition) is 3. The number of rotatable bonds is 6. The minimum Gasteiger partial charge on any atom is -0.323 e. The molecule has 0 radical (unpaired) electrons. The summed E-state index contributed by atoms with van der Waals surface area (Å²) < 4.78 is 1.81. The molecule has 1 saturated carbocycles. The number of carbonyl (C=O) groups excluding carboxylic acids is 4. The normalized spacial score (nSPS) is 17.1. The van der Waals surface area contributed by atoms with Gasteiger partial charge in [0.05, 0.1) is 11.3 Å². The van der Waals surface area contributed by atoms with Gasteiger partial charge in [-0.05, 0) is 43.5 Å². The van der Waals surface area contributed by atoms with Crippen LogP contribution in [-0.4, -0.2) is 45.3 Å². The molecule has 1 aromatic heterocycles. The second kappa shape index (κ2) is 8.63. The van der Waals surface area contributed by atoms with Crippen molar-refractivity contribution in [3.63, 3.8) is 0 Å². The number of amides is 5. The van der Waals surface area contributed by atoms with Gasteiger partial charge in [-0.15, -0.1) is 0 Å². The summed E-state index contributed by atoms with van der Waals surface area (Å²) in [6, 6.07) is 10.4. The number of benzene rings is 1. The summed E-state index contributed by atoms with van der Waals surface area (Å²) in [5.41, 5.74) is 5.20. The first kappa shape index (κ1) is 20.6. The first-order valence-corrected chi connectivity index (χ1v) is 10.5. The van der Waals surface area contributed by atoms with E-state index in [1.807, 2.05) is 41.2 Å². The Balaban J connectivity index is 1.26. The third-order valence-corrected chi connectivity index (χ3v) is 5.84. The summed E-state index contributed by atoms with van der Waals surface area (Å²) in [5, 5.41) is 2.82. The first-order valence-electron chi connectivity index (χ1n) is 10.5. The van der Waals surface area contributed by atoms with Crippen LogP contribution in [0, 0.1) is 0 Å². The number of carbonyl (C=O) groups is 4. The van der Waals surface area contributed by atoms with Gasteiger partial charge in [-0.25, -0.2) is 4.79 Å². The standard InChI is InChI=1S/C22H25N5O4/c28-18(10-7-15-27-20(30)22(23-21(27)31)11-3-4-12-22)24-25-19(29)16-8-1-2-9-17(16)26-13-5-6-14-26/h1-2,5-6,8-9,13-14H,3-4,7,10-12,15H2,(H,23,31)(H,24,28)(H,25,29). The lowest BCUT2D eigenvalue weighted by Crippen LogP contribution is -2.44. The number of hydrogen-bond acceptors (Lipinski definition) is 4. The summed E-state index contributed by atoms with van der Waals surface area (Å²) in [6.07, 6.45) is 7.24. The van der Waals surface area contributed by atoms with Crippen LogP contribution in [0.1, 0.15) is 48.9 Å². The van der Waals surface area contributed by atoms with Crippen LogP contribution in [-0.2, 0) is 9.59 Å². The van der Waals surface area contributed by atoms with E-state index in [2.05, 4.69) is 16.2 Å². The molecular formula is C22H25N5O4. The Labute approximate surface area is 179 Å². The minimum atomic E-state index is -0.736. The smallest absolute Gasteiger partial charge is 0.323 e. The Bertz CT molecular complexity index is 995. The molecule has 2 heterocycles. The second-order valence-corrected chi connectivity index (χ2v) is 7.89. The van der Waals surface area contributed by atoms with Crippen LogP contribution in [0.5, 0.6) is 0 Å². The van der Waals surface area contributed by atoms with Gasteiger partial charge in [-0.2, -0.15) is 0 Å². The van der Waals surface area contributed by atoms with Gasteiger partial charge < -0.3 is 9.88 Å². The molecular weight excluding hydrogens is 398 g/mol. The Morgan fingerprint density at radius 2 is 1.71 bits per heavy atom. The van der Waals surface area contributed by atoms with E-state index in [9.17, 15) is 19.2 Å². The van der Waals surface area contributed by atoms with Crippen molar-refractivity contribution < 1.29 is 19.2 Å². The molecule has 2 aliphatic rings. The lowest BCUT2D eigenvalue weighted by Gasteiger charge is -2.19. The van der Waals surface area contributed by atoms with Crippen LogP contribution >= 0.6 is 0 Å². The fraction of sp³-hybridized carbons (Fsp3) is 0.364. The van der Waals surface area contributed by atoms with E-state index < -0.39 is 17.4 Å². The van der Waals surface area contributed by atoms with Crippen molar-refractivity contribution in [2.24, 2.45) is 0 Å². The molecule has 4 rings (SSSR count). The van der Waals surface area contributed by atoms with Crippen LogP contribution < -0.4 is 16.2 Å². The van der Waals surface area contributed by atoms with Gasteiger partial charge in [0.15, 0.2) is 0 Å². The van der Waals surface area contributed by atoms with E-state index in [0.717, 1.165) is 12.8 Å². The summed E-state index contributed by atoms with van der Waals surface area (Å²) in [6.45, 7) is 0.171. The number of imide groups is 1. The van der Waals surface area contributed by atoms with Crippen molar-refractivity contribution >= 4 is 23.8 Å². The van der Waals surface area contributed by atoms with Crippen molar-refractivity contribution in [2.45, 2.75) is 44.1 Å². The van der Waals surface area contributed by atoms with Crippen molar-refractivity contribution in [1.29, 1.82) is 0 Å². The highest BCUT2D eigenvalue weighted by Crippen LogP contribution is 2.35. The fourth-order valence-electron chi connectivity index (χ4n) is 4.24. The average Bonchev–Trinajstić information content (AvgIpc) is 3.51. The third kappa shape index (κ3) is 4.16. The lowest BCUT2D eigenvalue weighted by atomic mass is 9.98. The maximum atomic E-state index is 12.6. The van der Waals surface area contributed by atoms with Gasteiger partial charge in [-0.3, -0.25) is 30.1 Å². The Kier molecular flexibility index (Phi) is 5.75. The van der Waals surface area contributed by atoms with E-state index in [1.54, 1.807) is 12.1 Å².